The minimum absolute atomic E-state index is 0. The standard InChI is InChI=1S/C20H44P.HI/c1-5-9-10-11-12-13-14-15-16-20-21(17-6-2,18-7-3)19-8-4;/h5-20H2,1-4H3;1H/q+1;/p-1. The fourth-order valence-corrected chi connectivity index (χ4v) is 8.93. The Bertz CT molecular complexity index is 189. The van der Waals surface area contributed by atoms with Crippen molar-refractivity contribution in [1.82, 2.24) is 0 Å². The molecule has 0 radical (unpaired) electrons. The summed E-state index contributed by atoms with van der Waals surface area (Å²) in [5.41, 5.74) is 0. The highest BCUT2D eigenvalue weighted by Gasteiger charge is 2.33. The molecule has 2 heteroatoms. The van der Waals surface area contributed by atoms with Gasteiger partial charge in [-0.1, -0.05) is 72.6 Å². The lowest BCUT2D eigenvalue weighted by Gasteiger charge is -2.27. The first kappa shape index (κ1) is 25.4. The van der Waals surface area contributed by atoms with Crippen molar-refractivity contribution < 1.29 is 24.0 Å². The van der Waals surface area contributed by atoms with Gasteiger partial charge >= 0.3 is 0 Å². The number of unbranched alkanes of at least 4 members (excludes halogenated alkanes) is 8. The summed E-state index contributed by atoms with van der Waals surface area (Å²) in [6.45, 7) is 9.50. The molecular formula is C20H44IP. The molecule has 0 amide bonds. The van der Waals surface area contributed by atoms with Crippen LogP contribution in [-0.2, 0) is 0 Å². The van der Waals surface area contributed by atoms with E-state index in [1.54, 1.807) is 24.6 Å². The Morgan fingerprint density at radius 3 is 1.14 bits per heavy atom. The van der Waals surface area contributed by atoms with Crippen LogP contribution in [-0.4, -0.2) is 24.6 Å². The lowest BCUT2D eigenvalue weighted by molar-refractivity contribution is -0.00000494. The van der Waals surface area contributed by atoms with E-state index in [0.717, 1.165) is 0 Å². The topological polar surface area (TPSA) is 0 Å². The summed E-state index contributed by atoms with van der Waals surface area (Å²) in [5.74, 6) is 0. The molecule has 0 aromatic heterocycles. The smallest absolute Gasteiger partial charge is 0.0594 e. The molecule has 0 atom stereocenters. The van der Waals surface area contributed by atoms with Gasteiger partial charge in [0.2, 0.25) is 0 Å². The zero-order valence-corrected chi connectivity index (χ0v) is 19.2. The van der Waals surface area contributed by atoms with Gasteiger partial charge in [-0.25, -0.2) is 0 Å². The van der Waals surface area contributed by atoms with Gasteiger partial charge in [0, 0.05) is 7.26 Å². The third-order valence-corrected chi connectivity index (χ3v) is 10.3. The van der Waals surface area contributed by atoms with Crippen LogP contribution in [0.3, 0.4) is 0 Å². The van der Waals surface area contributed by atoms with Gasteiger partial charge in [-0.15, -0.1) is 0 Å². The van der Waals surface area contributed by atoms with Crippen LogP contribution >= 0.6 is 7.26 Å². The lowest BCUT2D eigenvalue weighted by Crippen LogP contribution is -3.00. The van der Waals surface area contributed by atoms with E-state index in [1.807, 2.05) is 0 Å². The second-order valence-corrected chi connectivity index (χ2v) is 11.5. The Morgan fingerprint density at radius 2 is 0.773 bits per heavy atom. The Morgan fingerprint density at radius 1 is 0.409 bits per heavy atom. The first-order valence-corrected chi connectivity index (χ1v) is 12.6. The van der Waals surface area contributed by atoms with Crippen LogP contribution in [0.1, 0.15) is 105 Å². The highest BCUT2D eigenvalue weighted by Crippen LogP contribution is 2.60. The molecule has 0 N–H and O–H groups in total. The fraction of sp³-hybridized carbons (Fsp3) is 1.00. The first-order valence-electron chi connectivity index (χ1n) is 10.1. The molecular weight excluding hydrogens is 398 g/mol. The van der Waals surface area contributed by atoms with E-state index in [1.165, 1.54) is 77.0 Å². The van der Waals surface area contributed by atoms with Crippen molar-refractivity contribution in [3.8, 4) is 0 Å². The normalized spacial score (nSPS) is 11.5. The van der Waals surface area contributed by atoms with Crippen molar-refractivity contribution in [3.63, 3.8) is 0 Å². The molecule has 22 heavy (non-hydrogen) atoms. The zero-order valence-electron chi connectivity index (χ0n) is 16.1. The van der Waals surface area contributed by atoms with Gasteiger partial charge in [0.25, 0.3) is 0 Å². The highest BCUT2D eigenvalue weighted by molar-refractivity contribution is 7.75. The largest absolute Gasteiger partial charge is 1.00 e. The molecule has 0 bridgehead atoms. The van der Waals surface area contributed by atoms with E-state index in [-0.39, 0.29) is 24.0 Å². The molecule has 0 aliphatic rings. The molecule has 0 unspecified atom stereocenters. The van der Waals surface area contributed by atoms with E-state index in [4.69, 9.17) is 0 Å². The average molecular weight is 442 g/mol. The minimum atomic E-state index is -0.567. The molecule has 0 rings (SSSR count). The maximum Gasteiger partial charge on any atom is 0.0594 e. The molecule has 0 aromatic rings. The molecule has 136 valence electrons. The van der Waals surface area contributed by atoms with Crippen LogP contribution in [0.5, 0.6) is 0 Å². The Kier molecular flexibility index (Phi) is 21.4. The molecule has 0 aromatic carbocycles. The molecule has 0 heterocycles. The summed E-state index contributed by atoms with van der Waals surface area (Å²) in [5, 5.41) is 0. The maximum absolute atomic E-state index is 2.40. The van der Waals surface area contributed by atoms with Crippen molar-refractivity contribution >= 4 is 7.26 Å². The van der Waals surface area contributed by atoms with Gasteiger partial charge in [-0.3, -0.25) is 0 Å². The van der Waals surface area contributed by atoms with Crippen LogP contribution < -0.4 is 24.0 Å². The number of rotatable bonds is 16. The van der Waals surface area contributed by atoms with Crippen molar-refractivity contribution in [2.75, 3.05) is 24.6 Å². The zero-order chi connectivity index (χ0) is 15.8. The fourth-order valence-electron chi connectivity index (χ4n) is 3.85. The predicted octanol–water partition coefficient (Wildman–Crippen LogP) is 4.77. The van der Waals surface area contributed by atoms with E-state index in [0.29, 0.717) is 0 Å². The van der Waals surface area contributed by atoms with Gasteiger partial charge in [0.05, 0.1) is 24.6 Å². The summed E-state index contributed by atoms with van der Waals surface area (Å²) in [7, 11) is -0.567. The number of halogens is 1. The SMILES string of the molecule is CCCCCCCCCCC[P+](CCC)(CCC)CCC.[I-]. The molecule has 0 nitrogen and oxygen atoms in total. The van der Waals surface area contributed by atoms with E-state index >= 15 is 0 Å². The maximum atomic E-state index is 2.40. The number of hydrogen-bond donors (Lipinski definition) is 0. The Balaban J connectivity index is 0. The van der Waals surface area contributed by atoms with Crippen LogP contribution in [0, 0.1) is 0 Å². The first-order chi connectivity index (χ1) is 10.2. The van der Waals surface area contributed by atoms with Crippen LogP contribution in [0.2, 0.25) is 0 Å². The van der Waals surface area contributed by atoms with E-state index in [9.17, 15) is 0 Å². The minimum Gasteiger partial charge on any atom is -1.00 e. The van der Waals surface area contributed by atoms with Crippen molar-refractivity contribution in [1.29, 1.82) is 0 Å². The summed E-state index contributed by atoms with van der Waals surface area (Å²) in [4.78, 5) is 0. The third-order valence-electron chi connectivity index (χ3n) is 4.83. The molecule has 0 fully saturated rings. The molecule has 0 spiro atoms. The summed E-state index contributed by atoms with van der Waals surface area (Å²) >= 11 is 0. The van der Waals surface area contributed by atoms with Gasteiger partial charge in [-0.2, -0.15) is 0 Å². The molecule has 0 aliphatic carbocycles. The molecule has 0 aliphatic heterocycles. The quantitative estimate of drug-likeness (QED) is 0.184. The second-order valence-electron chi connectivity index (χ2n) is 7.06. The summed E-state index contributed by atoms with van der Waals surface area (Å²) in [6, 6.07) is 0. The molecule has 0 saturated carbocycles. The average Bonchev–Trinajstić information content (AvgIpc) is 2.46. The van der Waals surface area contributed by atoms with Crippen molar-refractivity contribution in [3.05, 3.63) is 0 Å². The third kappa shape index (κ3) is 13.6. The summed E-state index contributed by atoms with van der Waals surface area (Å²) < 4.78 is 0. The van der Waals surface area contributed by atoms with Crippen LogP contribution in [0.4, 0.5) is 0 Å². The van der Waals surface area contributed by atoms with Crippen molar-refractivity contribution in [2.45, 2.75) is 105 Å². The van der Waals surface area contributed by atoms with Gasteiger partial charge < -0.3 is 24.0 Å². The summed E-state index contributed by atoms with van der Waals surface area (Å²) in [6.07, 6.45) is 23.9. The van der Waals surface area contributed by atoms with Crippen molar-refractivity contribution in [2.24, 2.45) is 0 Å². The molecule has 0 saturated heterocycles. The van der Waals surface area contributed by atoms with E-state index in [2.05, 4.69) is 27.7 Å². The second kappa shape index (κ2) is 18.5. The van der Waals surface area contributed by atoms with Gasteiger partial charge in [0.1, 0.15) is 0 Å². The van der Waals surface area contributed by atoms with Crippen LogP contribution in [0.25, 0.3) is 0 Å². The number of hydrogen-bond acceptors (Lipinski definition) is 0. The van der Waals surface area contributed by atoms with Crippen LogP contribution in [0.15, 0.2) is 0 Å². The monoisotopic (exact) mass is 442 g/mol. The Hall–Kier alpha value is 1.16. The predicted molar refractivity (Wildman–Crippen MR) is 104 cm³/mol. The van der Waals surface area contributed by atoms with Gasteiger partial charge in [0.15, 0.2) is 0 Å². The highest BCUT2D eigenvalue weighted by atomic mass is 127. The Labute approximate surface area is 160 Å². The van der Waals surface area contributed by atoms with E-state index < -0.39 is 7.26 Å². The lowest BCUT2D eigenvalue weighted by atomic mass is 10.1. The van der Waals surface area contributed by atoms with Gasteiger partial charge in [-0.05, 0) is 32.1 Å².